The van der Waals surface area contributed by atoms with Gasteiger partial charge in [0.2, 0.25) is 11.8 Å². The summed E-state index contributed by atoms with van der Waals surface area (Å²) in [6.07, 6.45) is 1.47. The highest BCUT2D eigenvalue weighted by Gasteiger charge is 2.35. The Morgan fingerprint density at radius 1 is 1.29 bits per heavy atom. The van der Waals surface area contributed by atoms with E-state index in [-0.39, 0.29) is 18.4 Å². The maximum Gasteiger partial charge on any atom is 0.306 e. The predicted octanol–water partition coefficient (Wildman–Crippen LogP) is -0.179. The molecule has 17 heavy (non-hydrogen) atoms. The first-order valence-electron chi connectivity index (χ1n) is 5.75. The molecule has 0 saturated heterocycles. The maximum atomic E-state index is 12.0. The number of nitrogens with two attached hydrogens (primary N) is 1. The number of nitrogens with zero attached hydrogens (tertiary/aromatic N) is 1. The van der Waals surface area contributed by atoms with E-state index in [4.69, 9.17) is 10.8 Å². The highest BCUT2D eigenvalue weighted by atomic mass is 16.4. The summed E-state index contributed by atoms with van der Waals surface area (Å²) in [6, 6.07) is 0. The second-order valence-corrected chi connectivity index (χ2v) is 4.36. The lowest BCUT2D eigenvalue weighted by molar-refractivity contribution is -0.142. The molecule has 2 amide bonds. The van der Waals surface area contributed by atoms with Gasteiger partial charge >= 0.3 is 5.97 Å². The fourth-order valence-corrected chi connectivity index (χ4v) is 2.22. The Hall–Kier alpha value is -1.59. The Balaban J connectivity index is 2.58. The topological polar surface area (TPSA) is 101 Å². The monoisotopic (exact) mass is 242 g/mol. The maximum absolute atomic E-state index is 12.0. The lowest BCUT2D eigenvalue weighted by atomic mass is 10.0. The van der Waals surface area contributed by atoms with Gasteiger partial charge in [-0.05, 0) is 26.2 Å². The summed E-state index contributed by atoms with van der Waals surface area (Å²) in [6.45, 7) is 2.09. The van der Waals surface area contributed by atoms with Crippen LogP contribution in [0.2, 0.25) is 0 Å². The number of hydrogen-bond acceptors (Lipinski definition) is 3. The van der Waals surface area contributed by atoms with Crippen LogP contribution >= 0.6 is 0 Å². The number of rotatable bonds is 5. The van der Waals surface area contributed by atoms with Crippen molar-refractivity contribution in [2.45, 2.75) is 26.2 Å². The molecule has 0 bridgehead atoms. The number of aliphatic carboxylic acids is 1. The molecular formula is C11H18N2O4. The second-order valence-electron chi connectivity index (χ2n) is 4.36. The summed E-state index contributed by atoms with van der Waals surface area (Å²) >= 11 is 0. The summed E-state index contributed by atoms with van der Waals surface area (Å²) in [5, 5.41) is 8.86. The number of carboxylic acid groups (broad SMARTS) is 1. The molecule has 1 aliphatic rings. The molecule has 3 N–H and O–H groups in total. The summed E-state index contributed by atoms with van der Waals surface area (Å²) in [5.74, 6) is -2.27. The molecule has 0 aromatic rings. The SMILES string of the molecule is CCN(CC(N)=O)C(=O)[C@@H]1CC[C@H](C(=O)O)C1. The zero-order valence-corrected chi connectivity index (χ0v) is 9.89. The van der Waals surface area contributed by atoms with Crippen LogP contribution < -0.4 is 5.73 Å². The van der Waals surface area contributed by atoms with Crippen molar-refractivity contribution >= 4 is 17.8 Å². The zero-order valence-electron chi connectivity index (χ0n) is 9.89. The molecule has 6 nitrogen and oxygen atoms in total. The van der Waals surface area contributed by atoms with Crippen LogP contribution in [0.1, 0.15) is 26.2 Å². The van der Waals surface area contributed by atoms with E-state index in [0.717, 1.165) is 0 Å². The van der Waals surface area contributed by atoms with Crippen LogP contribution in [0.25, 0.3) is 0 Å². The Labute approximate surface area is 99.8 Å². The summed E-state index contributed by atoms with van der Waals surface area (Å²) in [5.41, 5.74) is 5.05. The van der Waals surface area contributed by atoms with Crippen molar-refractivity contribution in [1.82, 2.24) is 4.90 Å². The molecule has 96 valence electrons. The van der Waals surface area contributed by atoms with Crippen LogP contribution in [0.3, 0.4) is 0 Å². The number of likely N-dealkylation sites (N-methyl/N-ethyl adjacent to an activating group) is 1. The molecule has 0 aliphatic heterocycles. The van der Waals surface area contributed by atoms with E-state index >= 15 is 0 Å². The average Bonchev–Trinajstić information content (AvgIpc) is 2.73. The second kappa shape index (κ2) is 5.65. The minimum atomic E-state index is -0.849. The third-order valence-electron chi connectivity index (χ3n) is 3.17. The summed E-state index contributed by atoms with van der Waals surface area (Å²) < 4.78 is 0. The van der Waals surface area contributed by atoms with Crippen LogP contribution in [0, 0.1) is 11.8 Å². The molecule has 0 aromatic heterocycles. The fraction of sp³-hybridized carbons (Fsp3) is 0.727. The van der Waals surface area contributed by atoms with Gasteiger partial charge in [0.15, 0.2) is 0 Å². The molecule has 6 heteroatoms. The van der Waals surface area contributed by atoms with Gasteiger partial charge in [-0.3, -0.25) is 14.4 Å². The number of hydrogen-bond donors (Lipinski definition) is 2. The molecule has 0 spiro atoms. The van der Waals surface area contributed by atoms with E-state index in [0.29, 0.717) is 25.8 Å². The lowest BCUT2D eigenvalue weighted by Gasteiger charge is -2.22. The fourth-order valence-electron chi connectivity index (χ4n) is 2.22. The van der Waals surface area contributed by atoms with E-state index in [1.165, 1.54) is 4.90 Å². The Morgan fingerprint density at radius 2 is 1.88 bits per heavy atom. The largest absolute Gasteiger partial charge is 0.481 e. The van der Waals surface area contributed by atoms with Crippen molar-refractivity contribution in [3.63, 3.8) is 0 Å². The molecule has 1 rings (SSSR count). The highest BCUT2D eigenvalue weighted by Crippen LogP contribution is 2.32. The first kappa shape index (κ1) is 13.5. The zero-order chi connectivity index (χ0) is 13.0. The van der Waals surface area contributed by atoms with Crippen molar-refractivity contribution in [3.05, 3.63) is 0 Å². The van der Waals surface area contributed by atoms with Crippen molar-refractivity contribution in [1.29, 1.82) is 0 Å². The molecule has 1 saturated carbocycles. The van der Waals surface area contributed by atoms with Crippen molar-refractivity contribution in [2.75, 3.05) is 13.1 Å². The highest BCUT2D eigenvalue weighted by molar-refractivity contribution is 5.86. The van der Waals surface area contributed by atoms with Gasteiger partial charge in [-0.15, -0.1) is 0 Å². The van der Waals surface area contributed by atoms with E-state index in [2.05, 4.69) is 0 Å². The number of carboxylic acids is 1. The standard InChI is InChI=1S/C11H18N2O4/c1-2-13(6-9(12)14)10(15)7-3-4-8(5-7)11(16)17/h7-8H,2-6H2,1H3,(H2,12,14)(H,16,17)/t7-,8+/m1/s1. The average molecular weight is 242 g/mol. The van der Waals surface area contributed by atoms with Gasteiger partial charge < -0.3 is 15.7 Å². The number of carbonyl (C=O) groups is 3. The lowest BCUT2D eigenvalue weighted by Crippen LogP contribution is -2.41. The van der Waals surface area contributed by atoms with Crippen molar-refractivity contribution < 1.29 is 19.5 Å². The van der Waals surface area contributed by atoms with Crippen LogP contribution in [0.4, 0.5) is 0 Å². The molecule has 0 radical (unpaired) electrons. The van der Waals surface area contributed by atoms with Crippen molar-refractivity contribution in [3.8, 4) is 0 Å². The number of carbonyl (C=O) groups excluding carboxylic acids is 2. The van der Waals surface area contributed by atoms with Gasteiger partial charge in [-0.1, -0.05) is 0 Å². The first-order chi connectivity index (χ1) is 7.95. The molecule has 0 heterocycles. The van der Waals surface area contributed by atoms with Crippen molar-refractivity contribution in [2.24, 2.45) is 17.6 Å². The Morgan fingerprint density at radius 3 is 2.29 bits per heavy atom. The predicted molar refractivity (Wildman–Crippen MR) is 59.9 cm³/mol. The first-order valence-corrected chi connectivity index (χ1v) is 5.75. The summed E-state index contributed by atoms with van der Waals surface area (Å²) in [7, 11) is 0. The van der Waals surface area contributed by atoms with Gasteiger partial charge in [0, 0.05) is 12.5 Å². The smallest absolute Gasteiger partial charge is 0.306 e. The Bertz CT molecular complexity index is 329. The normalized spacial score (nSPS) is 23.4. The van der Waals surface area contributed by atoms with Gasteiger partial charge in [-0.25, -0.2) is 0 Å². The molecule has 2 atom stereocenters. The van der Waals surface area contributed by atoms with E-state index in [1.807, 2.05) is 0 Å². The number of amides is 2. The number of primary amides is 1. The van der Waals surface area contributed by atoms with Crippen LogP contribution in [-0.2, 0) is 14.4 Å². The van der Waals surface area contributed by atoms with E-state index in [1.54, 1.807) is 6.92 Å². The summed E-state index contributed by atoms with van der Waals surface area (Å²) in [4.78, 5) is 35.0. The molecule has 0 aromatic carbocycles. The van der Waals surface area contributed by atoms with E-state index in [9.17, 15) is 14.4 Å². The minimum Gasteiger partial charge on any atom is -0.481 e. The third kappa shape index (κ3) is 3.44. The molecule has 1 fully saturated rings. The Kier molecular flexibility index (Phi) is 4.48. The van der Waals surface area contributed by atoms with Gasteiger partial charge in [0.25, 0.3) is 0 Å². The van der Waals surface area contributed by atoms with Crippen LogP contribution in [0.5, 0.6) is 0 Å². The molecule has 1 aliphatic carbocycles. The van der Waals surface area contributed by atoms with Gasteiger partial charge in [-0.2, -0.15) is 0 Å². The van der Waals surface area contributed by atoms with Gasteiger partial charge in [0.05, 0.1) is 12.5 Å². The van der Waals surface area contributed by atoms with Gasteiger partial charge in [0.1, 0.15) is 0 Å². The van der Waals surface area contributed by atoms with Crippen LogP contribution in [-0.4, -0.2) is 40.9 Å². The van der Waals surface area contributed by atoms with Crippen LogP contribution in [0.15, 0.2) is 0 Å². The molecular weight excluding hydrogens is 224 g/mol. The molecule has 0 unspecified atom stereocenters. The minimum absolute atomic E-state index is 0.0937. The third-order valence-corrected chi connectivity index (χ3v) is 3.17. The quantitative estimate of drug-likeness (QED) is 0.698. The van der Waals surface area contributed by atoms with E-state index < -0.39 is 17.8 Å².